The van der Waals surface area contributed by atoms with Crippen molar-refractivity contribution in [2.24, 2.45) is 0 Å². The molecule has 84 valence electrons. The highest BCUT2D eigenvalue weighted by atomic mass is 32.2. The molecule has 0 amide bonds. The summed E-state index contributed by atoms with van der Waals surface area (Å²) < 4.78 is 23.4. The zero-order valence-electron chi connectivity index (χ0n) is 9.36. The molecule has 0 saturated heterocycles. The summed E-state index contributed by atoms with van der Waals surface area (Å²) in [5, 5.41) is -0.707. The first-order valence-electron chi connectivity index (χ1n) is 5.45. The number of hydrogen-bond donors (Lipinski definition) is 0. The molecule has 0 spiro atoms. The normalized spacial score (nSPS) is 27.3. The molecule has 0 aromatic heterocycles. The molecule has 1 aliphatic heterocycles. The minimum Gasteiger partial charge on any atom is -0.228 e. The van der Waals surface area contributed by atoms with Crippen LogP contribution in [0.5, 0.6) is 0 Å². The van der Waals surface area contributed by atoms with Gasteiger partial charge in [0.1, 0.15) is 0 Å². The van der Waals surface area contributed by atoms with Crippen LogP contribution in [-0.2, 0) is 9.84 Å². The van der Waals surface area contributed by atoms with E-state index in [0.29, 0.717) is 6.42 Å². The summed E-state index contributed by atoms with van der Waals surface area (Å²) in [4.78, 5) is 0. The Labute approximate surface area is 92.7 Å². The molecule has 3 heteroatoms. The quantitative estimate of drug-likeness (QED) is 0.420. The molecular weight excluding hydrogens is 208 g/mol. The molecular formula is C12H18O2S. The molecule has 1 aliphatic rings. The summed E-state index contributed by atoms with van der Waals surface area (Å²) in [6.07, 6.45) is 7.08. The maximum atomic E-state index is 11.7. The van der Waals surface area contributed by atoms with Crippen LogP contribution in [0.2, 0.25) is 0 Å². The van der Waals surface area contributed by atoms with Crippen LogP contribution in [0.25, 0.3) is 0 Å². The monoisotopic (exact) mass is 226 g/mol. The highest BCUT2D eigenvalue weighted by molar-refractivity contribution is 7.93. The second-order valence-corrected chi connectivity index (χ2v) is 6.41. The lowest BCUT2D eigenvalue weighted by molar-refractivity contribution is 0.587. The van der Waals surface area contributed by atoms with E-state index in [1.807, 2.05) is 0 Å². The van der Waals surface area contributed by atoms with Gasteiger partial charge < -0.3 is 0 Å². The molecule has 0 fully saturated rings. The van der Waals surface area contributed by atoms with Gasteiger partial charge >= 0.3 is 0 Å². The Kier molecular flexibility index (Phi) is 4.41. The zero-order valence-corrected chi connectivity index (χ0v) is 10.2. The number of rotatable bonds is 3. The van der Waals surface area contributed by atoms with Crippen molar-refractivity contribution in [2.45, 2.75) is 50.0 Å². The SMILES string of the molecule is CCCCC#CC[C@H]1C=C[C@H](C)S1(=O)=O. The van der Waals surface area contributed by atoms with Crippen LogP contribution in [0.1, 0.15) is 39.5 Å². The third kappa shape index (κ3) is 3.10. The van der Waals surface area contributed by atoms with Crippen LogP contribution in [-0.4, -0.2) is 18.9 Å². The number of unbranched alkanes of at least 4 members (excludes halogenated alkanes) is 2. The molecule has 0 bridgehead atoms. The second kappa shape index (κ2) is 5.37. The van der Waals surface area contributed by atoms with Gasteiger partial charge in [0.05, 0.1) is 10.5 Å². The molecule has 0 unspecified atom stereocenters. The highest BCUT2D eigenvalue weighted by Crippen LogP contribution is 2.21. The Morgan fingerprint density at radius 1 is 1.27 bits per heavy atom. The van der Waals surface area contributed by atoms with Gasteiger partial charge in [0, 0.05) is 12.8 Å². The van der Waals surface area contributed by atoms with E-state index >= 15 is 0 Å². The lowest BCUT2D eigenvalue weighted by Gasteiger charge is -2.06. The van der Waals surface area contributed by atoms with Gasteiger partial charge in [0.2, 0.25) is 0 Å². The highest BCUT2D eigenvalue weighted by Gasteiger charge is 2.32. The van der Waals surface area contributed by atoms with E-state index in [4.69, 9.17) is 0 Å². The molecule has 0 saturated carbocycles. The van der Waals surface area contributed by atoms with Crippen molar-refractivity contribution in [1.29, 1.82) is 0 Å². The molecule has 0 aromatic rings. The van der Waals surface area contributed by atoms with Gasteiger partial charge in [-0.15, -0.1) is 11.8 Å². The van der Waals surface area contributed by atoms with Gasteiger partial charge in [-0.25, -0.2) is 8.42 Å². The molecule has 15 heavy (non-hydrogen) atoms. The molecule has 0 radical (unpaired) electrons. The van der Waals surface area contributed by atoms with Crippen LogP contribution >= 0.6 is 0 Å². The molecule has 0 aliphatic carbocycles. The lowest BCUT2D eigenvalue weighted by atomic mass is 10.2. The summed E-state index contributed by atoms with van der Waals surface area (Å²) in [6, 6.07) is 0. The summed E-state index contributed by atoms with van der Waals surface area (Å²) >= 11 is 0. The van der Waals surface area contributed by atoms with E-state index in [9.17, 15) is 8.42 Å². The minimum atomic E-state index is -2.97. The van der Waals surface area contributed by atoms with Gasteiger partial charge in [0.25, 0.3) is 0 Å². The lowest BCUT2D eigenvalue weighted by Crippen LogP contribution is -2.21. The van der Waals surface area contributed by atoms with Gasteiger partial charge in [0.15, 0.2) is 9.84 Å². The molecule has 2 atom stereocenters. The van der Waals surface area contributed by atoms with E-state index in [0.717, 1.165) is 19.3 Å². The Bertz CT molecular complexity index is 382. The van der Waals surface area contributed by atoms with Crippen LogP contribution in [0.3, 0.4) is 0 Å². The second-order valence-electron chi connectivity index (χ2n) is 3.88. The zero-order chi connectivity index (χ0) is 11.3. The molecule has 2 nitrogen and oxygen atoms in total. The fourth-order valence-electron chi connectivity index (χ4n) is 1.49. The van der Waals surface area contributed by atoms with Crippen molar-refractivity contribution >= 4 is 9.84 Å². The Morgan fingerprint density at radius 2 is 2.00 bits per heavy atom. The molecule has 0 aromatic carbocycles. The third-order valence-corrected chi connectivity index (χ3v) is 4.98. The average Bonchev–Trinajstić information content (AvgIpc) is 2.44. The van der Waals surface area contributed by atoms with E-state index in [-0.39, 0.29) is 10.5 Å². The fraction of sp³-hybridized carbons (Fsp3) is 0.667. The van der Waals surface area contributed by atoms with Crippen molar-refractivity contribution < 1.29 is 8.42 Å². The molecule has 0 N–H and O–H groups in total. The molecule has 1 heterocycles. The van der Waals surface area contributed by atoms with E-state index in [1.54, 1.807) is 19.1 Å². The van der Waals surface area contributed by atoms with Crippen molar-refractivity contribution in [1.82, 2.24) is 0 Å². The van der Waals surface area contributed by atoms with Gasteiger partial charge in [-0.05, 0) is 13.3 Å². The molecule has 1 rings (SSSR count). The van der Waals surface area contributed by atoms with Gasteiger partial charge in [-0.2, -0.15) is 0 Å². The Hall–Kier alpha value is -0.750. The largest absolute Gasteiger partial charge is 0.228 e. The fourth-order valence-corrected chi connectivity index (χ4v) is 2.97. The average molecular weight is 226 g/mol. The predicted octanol–water partition coefficient (Wildman–Crippen LogP) is 2.31. The van der Waals surface area contributed by atoms with E-state index < -0.39 is 9.84 Å². The first-order chi connectivity index (χ1) is 7.09. The van der Waals surface area contributed by atoms with Crippen LogP contribution in [0.4, 0.5) is 0 Å². The maximum absolute atomic E-state index is 11.7. The predicted molar refractivity (Wildman–Crippen MR) is 63.2 cm³/mol. The summed E-state index contributed by atoms with van der Waals surface area (Å²) in [6.45, 7) is 3.84. The number of sulfone groups is 1. The van der Waals surface area contributed by atoms with E-state index in [1.165, 1.54) is 0 Å². The topological polar surface area (TPSA) is 34.1 Å². The summed E-state index contributed by atoms with van der Waals surface area (Å²) in [5.41, 5.74) is 0. The van der Waals surface area contributed by atoms with Crippen LogP contribution in [0, 0.1) is 11.8 Å². The maximum Gasteiger partial charge on any atom is 0.163 e. The number of hydrogen-bond acceptors (Lipinski definition) is 2. The minimum absolute atomic E-state index is 0.333. The first kappa shape index (κ1) is 12.3. The standard InChI is InChI=1S/C12H18O2S/c1-3-4-5-6-7-8-12-10-9-11(2)15(12,13)14/h9-12H,3-5,8H2,1-2H3/t11-,12-/m0/s1. The third-order valence-electron chi connectivity index (χ3n) is 2.62. The first-order valence-corrected chi connectivity index (χ1v) is 7.06. The van der Waals surface area contributed by atoms with Crippen molar-refractivity contribution in [2.75, 3.05) is 0 Å². The van der Waals surface area contributed by atoms with Crippen molar-refractivity contribution in [3.63, 3.8) is 0 Å². The van der Waals surface area contributed by atoms with Crippen molar-refractivity contribution in [3.05, 3.63) is 12.2 Å². The van der Waals surface area contributed by atoms with Gasteiger partial charge in [-0.1, -0.05) is 25.5 Å². The van der Waals surface area contributed by atoms with Gasteiger partial charge in [-0.3, -0.25) is 0 Å². The van der Waals surface area contributed by atoms with Crippen LogP contribution in [0.15, 0.2) is 12.2 Å². The Balaban J connectivity index is 2.46. The summed E-state index contributed by atoms with van der Waals surface area (Å²) in [5.74, 6) is 5.98. The Morgan fingerprint density at radius 3 is 2.53 bits per heavy atom. The summed E-state index contributed by atoms with van der Waals surface area (Å²) in [7, 11) is -2.97. The van der Waals surface area contributed by atoms with Crippen LogP contribution < -0.4 is 0 Å². The smallest absolute Gasteiger partial charge is 0.163 e. The van der Waals surface area contributed by atoms with E-state index in [2.05, 4.69) is 18.8 Å². The van der Waals surface area contributed by atoms with Crippen molar-refractivity contribution in [3.8, 4) is 11.8 Å².